The first kappa shape index (κ1) is 8.84. The van der Waals surface area contributed by atoms with Crippen molar-refractivity contribution in [3.8, 4) is 11.5 Å². The zero-order valence-electron chi connectivity index (χ0n) is 6.87. The highest BCUT2D eigenvalue weighted by Gasteiger charge is 2.08. The van der Waals surface area contributed by atoms with E-state index in [1.165, 1.54) is 0 Å². The van der Waals surface area contributed by atoms with Gasteiger partial charge in [-0.15, -0.1) is 11.3 Å². The van der Waals surface area contributed by atoms with Crippen LogP contribution in [0.25, 0.3) is 10.1 Å². The molecule has 4 heteroatoms. The highest BCUT2D eigenvalue weighted by Crippen LogP contribution is 2.39. The summed E-state index contributed by atoms with van der Waals surface area (Å²) >= 11 is 4.94. The van der Waals surface area contributed by atoms with Gasteiger partial charge in [-0.05, 0) is 22.0 Å². The van der Waals surface area contributed by atoms with Crippen LogP contribution in [0.2, 0.25) is 0 Å². The molecule has 0 fully saturated rings. The molecule has 1 N–H and O–H groups in total. The molecule has 0 saturated carbocycles. The summed E-state index contributed by atoms with van der Waals surface area (Å²) < 4.78 is 6.98. The van der Waals surface area contributed by atoms with E-state index in [0.29, 0.717) is 5.75 Å². The first-order chi connectivity index (χ1) is 6.22. The van der Waals surface area contributed by atoms with Gasteiger partial charge in [-0.3, -0.25) is 0 Å². The lowest BCUT2D eigenvalue weighted by molar-refractivity contribution is 0.409. The summed E-state index contributed by atoms with van der Waals surface area (Å²) in [5, 5.41) is 12.5. The molecule has 0 unspecified atom stereocenters. The second kappa shape index (κ2) is 3.20. The van der Waals surface area contributed by atoms with Gasteiger partial charge in [0.25, 0.3) is 0 Å². The summed E-state index contributed by atoms with van der Waals surface area (Å²) in [6.07, 6.45) is 0. The van der Waals surface area contributed by atoms with Gasteiger partial charge in [0.05, 0.1) is 7.11 Å². The van der Waals surface area contributed by atoms with Crippen LogP contribution in [0.1, 0.15) is 0 Å². The van der Waals surface area contributed by atoms with E-state index < -0.39 is 0 Å². The zero-order chi connectivity index (χ0) is 9.42. The van der Waals surface area contributed by atoms with Crippen LogP contribution >= 0.6 is 27.3 Å². The molecule has 0 spiro atoms. The van der Waals surface area contributed by atoms with E-state index in [1.54, 1.807) is 24.5 Å². The fourth-order valence-corrected chi connectivity index (χ4v) is 2.89. The monoisotopic (exact) mass is 258 g/mol. The SMILES string of the molecule is COc1cc(O)c2c(Br)csc2c1. The molecule has 0 aliphatic heterocycles. The third-order valence-electron chi connectivity index (χ3n) is 1.82. The Labute approximate surface area is 87.9 Å². The highest BCUT2D eigenvalue weighted by atomic mass is 79.9. The number of methoxy groups -OCH3 is 1. The Morgan fingerprint density at radius 1 is 1.46 bits per heavy atom. The van der Waals surface area contributed by atoms with Crippen LogP contribution in [0.3, 0.4) is 0 Å². The summed E-state index contributed by atoms with van der Waals surface area (Å²) in [6, 6.07) is 3.52. The molecule has 0 saturated heterocycles. The second-order valence-corrected chi connectivity index (χ2v) is 4.37. The van der Waals surface area contributed by atoms with E-state index in [2.05, 4.69) is 15.9 Å². The number of benzene rings is 1. The minimum atomic E-state index is 0.252. The summed E-state index contributed by atoms with van der Waals surface area (Å²) in [4.78, 5) is 0. The van der Waals surface area contributed by atoms with Crippen molar-refractivity contribution < 1.29 is 9.84 Å². The van der Waals surface area contributed by atoms with Gasteiger partial charge in [-0.2, -0.15) is 0 Å². The third-order valence-corrected chi connectivity index (χ3v) is 3.68. The molecule has 13 heavy (non-hydrogen) atoms. The summed E-state index contributed by atoms with van der Waals surface area (Å²) in [5.74, 6) is 0.932. The molecule has 0 bridgehead atoms. The van der Waals surface area contributed by atoms with Gasteiger partial charge in [0.2, 0.25) is 0 Å². The molecular weight excluding hydrogens is 252 g/mol. The predicted molar refractivity (Wildman–Crippen MR) is 57.7 cm³/mol. The van der Waals surface area contributed by atoms with E-state index in [4.69, 9.17) is 4.74 Å². The molecule has 0 atom stereocenters. The van der Waals surface area contributed by atoms with Crippen molar-refractivity contribution in [2.24, 2.45) is 0 Å². The normalized spacial score (nSPS) is 10.6. The van der Waals surface area contributed by atoms with Gasteiger partial charge in [-0.25, -0.2) is 0 Å². The quantitative estimate of drug-likeness (QED) is 0.850. The van der Waals surface area contributed by atoms with Gasteiger partial charge in [0.15, 0.2) is 0 Å². The molecule has 0 radical (unpaired) electrons. The van der Waals surface area contributed by atoms with Crippen molar-refractivity contribution in [2.75, 3.05) is 7.11 Å². The van der Waals surface area contributed by atoms with Gasteiger partial charge >= 0.3 is 0 Å². The zero-order valence-corrected chi connectivity index (χ0v) is 9.28. The molecule has 0 aliphatic carbocycles. The van der Waals surface area contributed by atoms with Crippen LogP contribution in [0.4, 0.5) is 0 Å². The molecular formula is C9H7BrO2S. The number of hydrogen-bond acceptors (Lipinski definition) is 3. The summed E-state index contributed by atoms with van der Waals surface area (Å²) in [6.45, 7) is 0. The lowest BCUT2D eigenvalue weighted by atomic mass is 10.2. The Bertz CT molecular complexity index is 450. The number of rotatable bonds is 1. The lowest BCUT2D eigenvalue weighted by Crippen LogP contribution is -1.81. The van der Waals surface area contributed by atoms with Gasteiger partial charge in [0.1, 0.15) is 11.5 Å². The van der Waals surface area contributed by atoms with E-state index in [0.717, 1.165) is 14.6 Å². The van der Waals surface area contributed by atoms with Crippen molar-refractivity contribution in [3.63, 3.8) is 0 Å². The van der Waals surface area contributed by atoms with E-state index >= 15 is 0 Å². The molecule has 1 aromatic carbocycles. The predicted octanol–water partition coefficient (Wildman–Crippen LogP) is 3.38. The molecule has 1 heterocycles. The smallest absolute Gasteiger partial charge is 0.129 e. The Hall–Kier alpha value is -0.740. The van der Waals surface area contributed by atoms with Gasteiger partial charge < -0.3 is 9.84 Å². The number of phenols is 1. The number of halogens is 1. The summed E-state index contributed by atoms with van der Waals surface area (Å²) in [7, 11) is 1.59. The first-order valence-corrected chi connectivity index (χ1v) is 5.33. The van der Waals surface area contributed by atoms with Crippen LogP contribution in [-0.2, 0) is 0 Å². The summed E-state index contributed by atoms with van der Waals surface area (Å²) in [5.41, 5.74) is 0. The average molecular weight is 259 g/mol. The van der Waals surface area contributed by atoms with Crippen molar-refractivity contribution in [1.29, 1.82) is 0 Å². The highest BCUT2D eigenvalue weighted by molar-refractivity contribution is 9.10. The maximum atomic E-state index is 9.65. The Morgan fingerprint density at radius 3 is 2.92 bits per heavy atom. The van der Waals surface area contributed by atoms with Crippen LogP contribution < -0.4 is 4.74 Å². The molecule has 0 amide bonds. The number of hydrogen-bond donors (Lipinski definition) is 1. The van der Waals surface area contributed by atoms with E-state index in [9.17, 15) is 5.11 Å². The lowest BCUT2D eigenvalue weighted by Gasteiger charge is -2.01. The average Bonchev–Trinajstić information content (AvgIpc) is 2.48. The minimum absolute atomic E-state index is 0.252. The van der Waals surface area contributed by atoms with Gasteiger partial charge in [-0.1, -0.05) is 0 Å². The topological polar surface area (TPSA) is 29.5 Å². The number of fused-ring (bicyclic) bond motifs is 1. The molecule has 0 aliphatic rings. The maximum Gasteiger partial charge on any atom is 0.129 e. The first-order valence-electron chi connectivity index (χ1n) is 3.66. The molecule has 2 aromatic rings. The number of aromatic hydroxyl groups is 1. The Morgan fingerprint density at radius 2 is 2.23 bits per heavy atom. The number of ether oxygens (including phenoxy) is 1. The van der Waals surface area contributed by atoms with Crippen molar-refractivity contribution in [2.45, 2.75) is 0 Å². The maximum absolute atomic E-state index is 9.65. The van der Waals surface area contributed by atoms with Crippen LogP contribution in [0.15, 0.2) is 22.0 Å². The van der Waals surface area contributed by atoms with Gasteiger partial charge in [0, 0.05) is 26.0 Å². The third kappa shape index (κ3) is 1.40. The molecule has 1 aromatic heterocycles. The molecule has 2 nitrogen and oxygen atoms in total. The minimum Gasteiger partial charge on any atom is -0.507 e. The molecule has 2 rings (SSSR count). The van der Waals surface area contributed by atoms with E-state index in [-0.39, 0.29) is 5.75 Å². The standard InChI is InChI=1S/C9H7BrO2S/c1-12-5-2-7(11)9-6(10)4-13-8(9)3-5/h2-4,11H,1H3. The van der Waals surface area contributed by atoms with Crippen LogP contribution in [-0.4, -0.2) is 12.2 Å². The van der Waals surface area contributed by atoms with Crippen molar-refractivity contribution >= 4 is 37.4 Å². The Kier molecular flexibility index (Phi) is 2.17. The second-order valence-electron chi connectivity index (χ2n) is 2.60. The largest absolute Gasteiger partial charge is 0.507 e. The fourth-order valence-electron chi connectivity index (χ4n) is 1.20. The number of phenolic OH excluding ortho intramolecular Hbond substituents is 1. The van der Waals surface area contributed by atoms with E-state index in [1.807, 2.05) is 11.4 Å². The van der Waals surface area contributed by atoms with Crippen molar-refractivity contribution in [3.05, 3.63) is 22.0 Å². The Balaban J connectivity index is 2.79. The van der Waals surface area contributed by atoms with Crippen LogP contribution in [0, 0.1) is 0 Å². The van der Waals surface area contributed by atoms with Crippen molar-refractivity contribution in [1.82, 2.24) is 0 Å². The fraction of sp³-hybridized carbons (Fsp3) is 0.111. The molecule has 68 valence electrons. The van der Waals surface area contributed by atoms with Crippen LogP contribution in [0.5, 0.6) is 11.5 Å². The number of thiophene rings is 1.